The molecule has 176 valence electrons. The van der Waals surface area contributed by atoms with E-state index in [2.05, 4.69) is 0 Å². The summed E-state index contributed by atoms with van der Waals surface area (Å²) in [7, 11) is 4.43. The van der Waals surface area contributed by atoms with E-state index < -0.39 is 11.6 Å². The Balaban J connectivity index is 1.66. The molecule has 8 nitrogen and oxygen atoms in total. The van der Waals surface area contributed by atoms with E-state index >= 15 is 0 Å². The van der Waals surface area contributed by atoms with E-state index in [4.69, 9.17) is 28.1 Å². The maximum atomic E-state index is 12.7. The first kappa shape index (κ1) is 23.0. The minimum absolute atomic E-state index is 0.211. The first-order chi connectivity index (χ1) is 16.4. The summed E-state index contributed by atoms with van der Waals surface area (Å²) in [6.45, 7) is 3.69. The van der Waals surface area contributed by atoms with Crippen molar-refractivity contribution < 1.29 is 32.9 Å². The summed E-state index contributed by atoms with van der Waals surface area (Å²) in [5.41, 5.74) is 1.83. The van der Waals surface area contributed by atoms with Gasteiger partial charge in [0.05, 0.1) is 26.7 Å². The highest BCUT2D eigenvalue weighted by Gasteiger charge is 2.21. The van der Waals surface area contributed by atoms with Crippen LogP contribution in [-0.2, 0) is 4.79 Å². The largest absolute Gasteiger partial charge is 0.493 e. The highest BCUT2D eigenvalue weighted by molar-refractivity contribution is 6.10. The molecule has 0 fully saturated rings. The first-order valence-corrected chi connectivity index (χ1v) is 10.5. The molecule has 0 amide bonds. The molecule has 0 atom stereocenters. The van der Waals surface area contributed by atoms with Crippen LogP contribution >= 0.6 is 0 Å². The van der Waals surface area contributed by atoms with Crippen molar-refractivity contribution in [3.63, 3.8) is 0 Å². The summed E-state index contributed by atoms with van der Waals surface area (Å²) in [5.74, 6) is 1.22. The molecule has 0 unspecified atom stereocenters. The third kappa shape index (κ3) is 4.22. The van der Waals surface area contributed by atoms with E-state index in [-0.39, 0.29) is 23.3 Å². The van der Waals surface area contributed by atoms with Crippen molar-refractivity contribution in [2.45, 2.75) is 13.8 Å². The van der Waals surface area contributed by atoms with Crippen LogP contribution in [-0.4, -0.2) is 33.9 Å². The highest BCUT2D eigenvalue weighted by Crippen LogP contribution is 2.45. The minimum Gasteiger partial charge on any atom is -0.493 e. The molecule has 0 aliphatic heterocycles. The minimum atomic E-state index is -0.594. The molecule has 0 radical (unpaired) electrons. The zero-order valence-electron chi connectivity index (χ0n) is 19.5. The summed E-state index contributed by atoms with van der Waals surface area (Å²) in [4.78, 5) is 25.0. The molecular weight excluding hydrogens is 440 g/mol. The van der Waals surface area contributed by atoms with Gasteiger partial charge < -0.3 is 28.1 Å². The molecule has 3 aromatic carbocycles. The van der Waals surface area contributed by atoms with E-state index in [1.165, 1.54) is 27.4 Å². The number of benzene rings is 3. The molecule has 0 N–H and O–H groups in total. The van der Waals surface area contributed by atoms with Crippen molar-refractivity contribution >= 4 is 27.7 Å². The van der Waals surface area contributed by atoms with E-state index in [0.29, 0.717) is 33.8 Å². The van der Waals surface area contributed by atoms with Gasteiger partial charge in [0.2, 0.25) is 5.75 Å². The van der Waals surface area contributed by atoms with Gasteiger partial charge in [-0.2, -0.15) is 0 Å². The molecule has 4 aromatic rings. The molecular formula is C26H24O8. The Hall–Kier alpha value is -4.20. The zero-order chi connectivity index (χ0) is 24.4. The van der Waals surface area contributed by atoms with Crippen LogP contribution in [0.15, 0.2) is 51.7 Å². The molecule has 0 spiro atoms. The number of carbonyl (C=O) groups excluding carboxylic acids is 1. The van der Waals surface area contributed by atoms with Crippen molar-refractivity contribution in [3.8, 4) is 28.7 Å². The third-order valence-corrected chi connectivity index (χ3v) is 5.54. The summed E-state index contributed by atoms with van der Waals surface area (Å²) in [6.07, 6.45) is 0. The van der Waals surface area contributed by atoms with E-state index in [0.717, 1.165) is 11.1 Å². The van der Waals surface area contributed by atoms with Crippen LogP contribution in [0, 0.1) is 13.8 Å². The molecule has 8 heteroatoms. The highest BCUT2D eigenvalue weighted by atomic mass is 16.6. The van der Waals surface area contributed by atoms with Crippen molar-refractivity contribution in [2.24, 2.45) is 0 Å². The number of esters is 1. The lowest BCUT2D eigenvalue weighted by atomic mass is 10.0. The molecule has 0 bridgehead atoms. The van der Waals surface area contributed by atoms with E-state index in [9.17, 15) is 9.59 Å². The van der Waals surface area contributed by atoms with Crippen LogP contribution < -0.4 is 29.3 Å². The van der Waals surface area contributed by atoms with Gasteiger partial charge in [-0.25, -0.2) is 9.59 Å². The van der Waals surface area contributed by atoms with E-state index in [1.807, 2.05) is 26.0 Å². The predicted molar refractivity (Wildman–Crippen MR) is 127 cm³/mol. The second-order valence-corrected chi connectivity index (χ2v) is 7.62. The van der Waals surface area contributed by atoms with Crippen LogP contribution in [0.1, 0.15) is 11.1 Å². The normalized spacial score (nSPS) is 10.9. The number of rotatable bonds is 7. The number of carbonyl (C=O) groups is 1. The lowest BCUT2D eigenvalue weighted by Crippen LogP contribution is -2.17. The van der Waals surface area contributed by atoms with Gasteiger partial charge in [-0.1, -0.05) is 6.07 Å². The Morgan fingerprint density at radius 2 is 1.56 bits per heavy atom. The lowest BCUT2D eigenvalue weighted by molar-refractivity contribution is -0.136. The quantitative estimate of drug-likeness (QED) is 0.170. The maximum Gasteiger partial charge on any atom is 0.349 e. The third-order valence-electron chi connectivity index (χ3n) is 5.54. The molecule has 0 saturated heterocycles. The van der Waals surface area contributed by atoms with Crippen LogP contribution in [0.2, 0.25) is 0 Å². The maximum absolute atomic E-state index is 12.7. The van der Waals surface area contributed by atoms with Crippen molar-refractivity contribution in [1.82, 2.24) is 0 Å². The molecule has 0 aliphatic rings. The fraction of sp³-hybridized carbons (Fsp3) is 0.231. The Labute approximate surface area is 195 Å². The topological polar surface area (TPSA) is 93.4 Å². The van der Waals surface area contributed by atoms with Gasteiger partial charge in [0.25, 0.3) is 0 Å². The van der Waals surface area contributed by atoms with Crippen molar-refractivity contribution in [2.75, 3.05) is 27.9 Å². The predicted octanol–water partition coefficient (Wildman–Crippen LogP) is 4.57. The summed E-state index contributed by atoms with van der Waals surface area (Å²) < 4.78 is 32.7. The van der Waals surface area contributed by atoms with Crippen LogP contribution in [0.25, 0.3) is 21.7 Å². The fourth-order valence-electron chi connectivity index (χ4n) is 3.70. The average molecular weight is 464 g/mol. The smallest absolute Gasteiger partial charge is 0.349 e. The van der Waals surface area contributed by atoms with Gasteiger partial charge in [0.15, 0.2) is 18.1 Å². The summed E-state index contributed by atoms with van der Waals surface area (Å²) >= 11 is 0. The van der Waals surface area contributed by atoms with Crippen LogP contribution in [0.5, 0.6) is 28.7 Å². The standard InChI is InChI=1S/C26H24O8/c1-14-6-7-16(10-15(14)2)32-13-22(27)33-17-8-9-18-20(11-17)34-26(28)19-12-21(29-3)24(30-4)25(31-5)23(18)19/h6-12H,13H2,1-5H3. The van der Waals surface area contributed by atoms with Crippen LogP contribution in [0.3, 0.4) is 0 Å². The summed E-state index contributed by atoms with van der Waals surface area (Å²) in [5, 5.41) is 1.36. The number of aryl methyl sites for hydroxylation is 2. The fourth-order valence-corrected chi connectivity index (χ4v) is 3.70. The molecule has 4 rings (SSSR count). The van der Waals surface area contributed by atoms with Gasteiger partial charge in [-0.05, 0) is 55.3 Å². The Morgan fingerprint density at radius 1 is 0.824 bits per heavy atom. The SMILES string of the molecule is COc1cc2c(=O)oc3cc(OC(=O)COc4ccc(C)c(C)c4)ccc3c2c(OC)c1OC. The van der Waals surface area contributed by atoms with Crippen molar-refractivity contribution in [1.29, 1.82) is 0 Å². The van der Waals surface area contributed by atoms with Gasteiger partial charge in [-0.3, -0.25) is 0 Å². The number of hydrogen-bond acceptors (Lipinski definition) is 8. The van der Waals surface area contributed by atoms with E-state index in [1.54, 1.807) is 24.3 Å². The van der Waals surface area contributed by atoms with Gasteiger partial charge >= 0.3 is 11.6 Å². The second kappa shape index (κ2) is 9.35. The second-order valence-electron chi connectivity index (χ2n) is 7.62. The molecule has 1 aromatic heterocycles. The molecule has 0 aliphatic carbocycles. The molecule has 1 heterocycles. The molecule has 0 saturated carbocycles. The monoisotopic (exact) mass is 464 g/mol. The number of methoxy groups -OCH3 is 3. The number of ether oxygens (including phenoxy) is 5. The van der Waals surface area contributed by atoms with Gasteiger partial charge in [-0.15, -0.1) is 0 Å². The van der Waals surface area contributed by atoms with Gasteiger partial charge in [0.1, 0.15) is 17.1 Å². The Bertz CT molecular complexity index is 1450. The zero-order valence-corrected chi connectivity index (χ0v) is 19.5. The summed E-state index contributed by atoms with van der Waals surface area (Å²) in [6, 6.07) is 11.9. The first-order valence-electron chi connectivity index (χ1n) is 10.5. The van der Waals surface area contributed by atoms with Gasteiger partial charge in [0, 0.05) is 16.8 Å². The number of hydrogen-bond donors (Lipinski definition) is 0. The number of fused-ring (bicyclic) bond motifs is 3. The Morgan fingerprint density at radius 3 is 2.24 bits per heavy atom. The molecule has 34 heavy (non-hydrogen) atoms. The Kier molecular flexibility index (Phi) is 6.32. The van der Waals surface area contributed by atoms with Crippen LogP contribution in [0.4, 0.5) is 0 Å². The average Bonchev–Trinajstić information content (AvgIpc) is 2.83. The lowest BCUT2D eigenvalue weighted by Gasteiger charge is -2.15. The van der Waals surface area contributed by atoms with Crippen molar-refractivity contribution in [3.05, 3.63) is 64.0 Å².